The van der Waals surface area contributed by atoms with E-state index in [2.05, 4.69) is 16.4 Å². The predicted molar refractivity (Wildman–Crippen MR) is 62.5 cm³/mol. The van der Waals surface area contributed by atoms with Crippen molar-refractivity contribution in [2.24, 2.45) is 0 Å². The molecule has 0 saturated carbocycles. The van der Waals surface area contributed by atoms with Gasteiger partial charge in [-0.3, -0.25) is 4.79 Å². The monoisotopic (exact) mass is 231 g/mol. The lowest BCUT2D eigenvalue weighted by Gasteiger charge is -2.04. The summed E-state index contributed by atoms with van der Waals surface area (Å²) >= 11 is 5.64. The number of rotatable bonds is 2. The Morgan fingerprint density at radius 1 is 1.25 bits per heavy atom. The summed E-state index contributed by atoms with van der Waals surface area (Å²) in [7, 11) is 0. The number of carbonyl (C=O) groups excluding carboxylic acids is 1. The van der Waals surface area contributed by atoms with Crippen molar-refractivity contribution in [1.82, 2.24) is 4.98 Å². The lowest BCUT2D eigenvalue weighted by Crippen LogP contribution is -2.11. The lowest BCUT2D eigenvalue weighted by molar-refractivity contribution is 0.102. The number of benzene rings is 1. The van der Waals surface area contributed by atoms with Crippen molar-refractivity contribution in [3.8, 4) is 0 Å². The topological polar surface area (TPSA) is 42.0 Å². The first-order chi connectivity index (χ1) is 7.75. The normalized spacial score (nSPS) is 9.81. The van der Waals surface area contributed by atoms with E-state index in [9.17, 15) is 4.79 Å². The highest BCUT2D eigenvalue weighted by Crippen LogP contribution is 2.11. The van der Waals surface area contributed by atoms with E-state index < -0.39 is 0 Å². The van der Waals surface area contributed by atoms with E-state index in [4.69, 9.17) is 11.6 Å². The summed E-state index contributed by atoms with van der Waals surface area (Å²) in [5.41, 5.74) is 1.19. The van der Waals surface area contributed by atoms with Gasteiger partial charge in [-0.05, 0) is 30.3 Å². The van der Waals surface area contributed by atoms with Crippen LogP contribution in [0.4, 0.5) is 5.69 Å². The highest BCUT2D eigenvalue weighted by atomic mass is 35.5. The molecule has 0 fully saturated rings. The number of hydrogen-bond donors (Lipinski definition) is 1. The Labute approximate surface area is 98.1 Å². The SMILES string of the molecule is O=C(Nc1ccc(Cl)nc1)c1cc[c]cc1. The van der Waals surface area contributed by atoms with Crippen LogP contribution in [0.25, 0.3) is 0 Å². The Balaban J connectivity index is 2.11. The molecule has 1 heterocycles. The molecule has 4 heteroatoms. The molecule has 0 saturated heterocycles. The number of nitrogens with zero attached hydrogens (tertiary/aromatic N) is 1. The summed E-state index contributed by atoms with van der Waals surface area (Å²) in [6, 6.07) is 12.9. The molecule has 0 aliphatic rings. The van der Waals surface area contributed by atoms with Crippen molar-refractivity contribution in [1.29, 1.82) is 0 Å². The summed E-state index contributed by atoms with van der Waals surface area (Å²) < 4.78 is 0. The van der Waals surface area contributed by atoms with Crippen molar-refractivity contribution >= 4 is 23.2 Å². The number of amides is 1. The lowest BCUT2D eigenvalue weighted by atomic mass is 10.2. The zero-order chi connectivity index (χ0) is 11.4. The van der Waals surface area contributed by atoms with Gasteiger partial charge >= 0.3 is 0 Å². The van der Waals surface area contributed by atoms with Crippen LogP contribution in [0.1, 0.15) is 10.4 Å². The van der Waals surface area contributed by atoms with E-state index >= 15 is 0 Å². The first-order valence-corrected chi connectivity index (χ1v) is 5.02. The molecule has 79 valence electrons. The number of nitrogens with one attached hydrogen (secondary N) is 1. The Morgan fingerprint density at radius 3 is 2.62 bits per heavy atom. The maximum absolute atomic E-state index is 11.7. The van der Waals surface area contributed by atoms with E-state index in [-0.39, 0.29) is 5.91 Å². The minimum atomic E-state index is -0.182. The number of anilines is 1. The molecule has 0 aliphatic carbocycles. The molecule has 3 nitrogen and oxygen atoms in total. The van der Waals surface area contributed by atoms with Crippen molar-refractivity contribution in [3.63, 3.8) is 0 Å². The van der Waals surface area contributed by atoms with Gasteiger partial charge in [-0.15, -0.1) is 0 Å². The van der Waals surface area contributed by atoms with Crippen molar-refractivity contribution < 1.29 is 4.79 Å². The van der Waals surface area contributed by atoms with E-state index in [1.165, 1.54) is 6.20 Å². The van der Waals surface area contributed by atoms with Gasteiger partial charge in [0.15, 0.2) is 0 Å². The standard InChI is InChI=1S/C12H8ClN2O/c13-11-7-6-10(8-14-11)15-12(16)9-4-2-1-3-5-9/h2-8H,(H,15,16). The first kappa shape index (κ1) is 10.6. The van der Waals surface area contributed by atoms with Crippen LogP contribution < -0.4 is 5.32 Å². The quantitative estimate of drug-likeness (QED) is 0.808. The van der Waals surface area contributed by atoms with Crippen LogP contribution in [-0.4, -0.2) is 10.9 Å². The van der Waals surface area contributed by atoms with E-state index in [0.717, 1.165) is 0 Å². The largest absolute Gasteiger partial charge is 0.321 e. The predicted octanol–water partition coefficient (Wildman–Crippen LogP) is 2.79. The molecule has 1 radical (unpaired) electrons. The number of carbonyl (C=O) groups is 1. The Morgan fingerprint density at radius 2 is 2.00 bits per heavy atom. The molecule has 0 spiro atoms. The highest BCUT2D eigenvalue weighted by Gasteiger charge is 2.04. The van der Waals surface area contributed by atoms with Crippen LogP contribution in [0, 0.1) is 6.07 Å². The van der Waals surface area contributed by atoms with E-state index in [1.807, 2.05) is 0 Å². The Kier molecular flexibility index (Phi) is 3.17. The summed E-state index contributed by atoms with van der Waals surface area (Å²) in [6.07, 6.45) is 1.51. The van der Waals surface area contributed by atoms with Crippen LogP contribution in [0.5, 0.6) is 0 Å². The van der Waals surface area contributed by atoms with Crippen LogP contribution in [0.15, 0.2) is 42.6 Å². The third-order valence-electron chi connectivity index (χ3n) is 1.97. The van der Waals surface area contributed by atoms with Gasteiger partial charge in [0, 0.05) is 5.56 Å². The zero-order valence-electron chi connectivity index (χ0n) is 8.27. The Bertz CT molecular complexity index is 482. The van der Waals surface area contributed by atoms with Gasteiger partial charge in [0.2, 0.25) is 0 Å². The molecule has 16 heavy (non-hydrogen) atoms. The van der Waals surface area contributed by atoms with E-state index in [1.54, 1.807) is 36.4 Å². The molecule has 0 atom stereocenters. The summed E-state index contributed by atoms with van der Waals surface area (Å²) in [5.74, 6) is -0.182. The van der Waals surface area contributed by atoms with Crippen LogP contribution in [-0.2, 0) is 0 Å². The van der Waals surface area contributed by atoms with Gasteiger partial charge in [0.05, 0.1) is 11.9 Å². The fraction of sp³-hybridized carbons (Fsp3) is 0. The van der Waals surface area contributed by atoms with Crippen molar-refractivity contribution in [2.45, 2.75) is 0 Å². The average molecular weight is 232 g/mol. The second kappa shape index (κ2) is 4.77. The first-order valence-electron chi connectivity index (χ1n) is 4.65. The van der Waals surface area contributed by atoms with Gasteiger partial charge in [-0.25, -0.2) is 4.98 Å². The third-order valence-corrected chi connectivity index (χ3v) is 2.19. The van der Waals surface area contributed by atoms with Crippen LogP contribution >= 0.6 is 11.6 Å². The van der Waals surface area contributed by atoms with Gasteiger partial charge in [0.25, 0.3) is 5.91 Å². The fourth-order valence-corrected chi connectivity index (χ4v) is 1.30. The van der Waals surface area contributed by atoms with Crippen molar-refractivity contribution in [3.05, 3.63) is 59.4 Å². The fourth-order valence-electron chi connectivity index (χ4n) is 1.19. The molecule has 0 aliphatic heterocycles. The molecular formula is C12H8ClN2O. The number of halogens is 1. The number of pyridine rings is 1. The maximum atomic E-state index is 11.7. The third kappa shape index (κ3) is 2.58. The number of hydrogen-bond acceptors (Lipinski definition) is 2. The van der Waals surface area contributed by atoms with Crippen molar-refractivity contribution in [2.75, 3.05) is 5.32 Å². The molecule has 1 N–H and O–H groups in total. The molecule has 1 aromatic carbocycles. The minimum absolute atomic E-state index is 0.182. The Hall–Kier alpha value is -1.87. The van der Waals surface area contributed by atoms with Crippen LogP contribution in [0.2, 0.25) is 5.15 Å². The average Bonchev–Trinajstić information content (AvgIpc) is 2.33. The smallest absolute Gasteiger partial charge is 0.255 e. The summed E-state index contributed by atoms with van der Waals surface area (Å²) in [4.78, 5) is 15.6. The molecule has 1 aromatic heterocycles. The zero-order valence-corrected chi connectivity index (χ0v) is 9.03. The number of aromatic nitrogens is 1. The van der Waals surface area contributed by atoms with Gasteiger partial charge in [0.1, 0.15) is 5.15 Å². The highest BCUT2D eigenvalue weighted by molar-refractivity contribution is 6.29. The van der Waals surface area contributed by atoms with Crippen LogP contribution in [0.3, 0.4) is 0 Å². The van der Waals surface area contributed by atoms with Gasteiger partial charge < -0.3 is 5.32 Å². The molecule has 0 unspecified atom stereocenters. The second-order valence-corrected chi connectivity index (χ2v) is 3.50. The van der Waals surface area contributed by atoms with Gasteiger partial charge in [-0.2, -0.15) is 0 Å². The second-order valence-electron chi connectivity index (χ2n) is 3.11. The molecule has 0 bridgehead atoms. The maximum Gasteiger partial charge on any atom is 0.255 e. The molecule has 2 rings (SSSR count). The van der Waals surface area contributed by atoms with Gasteiger partial charge in [-0.1, -0.05) is 23.7 Å². The molecule has 1 amide bonds. The molecule has 2 aromatic rings. The minimum Gasteiger partial charge on any atom is -0.321 e. The van der Waals surface area contributed by atoms with E-state index in [0.29, 0.717) is 16.4 Å². The summed E-state index contributed by atoms with van der Waals surface area (Å²) in [6.45, 7) is 0. The summed E-state index contributed by atoms with van der Waals surface area (Å²) in [5, 5.41) is 3.11. The molecular weight excluding hydrogens is 224 g/mol.